The molecule has 1 aliphatic carbocycles. The molecule has 4 aromatic rings. The van der Waals surface area contributed by atoms with Gasteiger partial charge in [-0.25, -0.2) is 4.39 Å². The second kappa shape index (κ2) is 9.92. The van der Waals surface area contributed by atoms with E-state index in [-0.39, 0.29) is 17.3 Å². The highest BCUT2D eigenvalue weighted by atomic mass is 35.5. The zero-order chi connectivity index (χ0) is 30.0. The number of hydrogen-bond donors (Lipinski definition) is 0. The van der Waals surface area contributed by atoms with Crippen molar-refractivity contribution in [2.75, 3.05) is 19.1 Å². The zero-order valence-corrected chi connectivity index (χ0v) is 24.0. The second-order valence-corrected chi connectivity index (χ2v) is 11.3. The number of methoxy groups -OCH3 is 2. The SMILES string of the molecule is COc1ccc([C@H]2[C@@H](C(=O)c3ccc(Cl)cc3)N3c4ccc(F)cc4C=C[C@@H]3C23C(=O)c2ccccc2C3=O)cc1OC. The molecule has 2 aliphatic heterocycles. The Hall–Kier alpha value is -4.75. The van der Waals surface area contributed by atoms with Crippen molar-refractivity contribution >= 4 is 40.7 Å². The fraction of sp³-hybridized carbons (Fsp3) is 0.171. The topological polar surface area (TPSA) is 72.9 Å². The van der Waals surface area contributed by atoms with Crippen molar-refractivity contribution in [2.24, 2.45) is 5.41 Å². The van der Waals surface area contributed by atoms with Crippen LogP contribution in [0.1, 0.15) is 48.1 Å². The molecular weight excluding hydrogens is 569 g/mol. The van der Waals surface area contributed by atoms with E-state index in [2.05, 4.69) is 0 Å². The van der Waals surface area contributed by atoms with Gasteiger partial charge in [0.25, 0.3) is 0 Å². The first-order valence-corrected chi connectivity index (χ1v) is 14.2. The number of anilines is 1. The molecule has 1 saturated heterocycles. The molecule has 214 valence electrons. The molecule has 8 heteroatoms. The first-order valence-electron chi connectivity index (χ1n) is 13.8. The van der Waals surface area contributed by atoms with Crippen molar-refractivity contribution in [1.29, 1.82) is 0 Å². The highest BCUT2D eigenvalue weighted by Crippen LogP contribution is 2.61. The van der Waals surface area contributed by atoms with Gasteiger partial charge in [0.2, 0.25) is 0 Å². The van der Waals surface area contributed by atoms with Crippen LogP contribution in [0.2, 0.25) is 5.02 Å². The minimum absolute atomic E-state index is 0.305. The van der Waals surface area contributed by atoms with Crippen LogP contribution in [0.15, 0.2) is 91.0 Å². The van der Waals surface area contributed by atoms with Crippen LogP contribution < -0.4 is 14.4 Å². The second-order valence-electron chi connectivity index (χ2n) is 10.9. The number of fused-ring (bicyclic) bond motifs is 5. The van der Waals surface area contributed by atoms with Gasteiger partial charge in [0.1, 0.15) is 17.3 Å². The number of rotatable bonds is 5. The van der Waals surface area contributed by atoms with Gasteiger partial charge in [-0.1, -0.05) is 54.1 Å². The van der Waals surface area contributed by atoms with Crippen LogP contribution in [0, 0.1) is 11.2 Å². The third-order valence-electron chi connectivity index (χ3n) is 8.93. The molecule has 0 unspecified atom stereocenters. The van der Waals surface area contributed by atoms with Crippen molar-refractivity contribution in [1.82, 2.24) is 0 Å². The zero-order valence-electron chi connectivity index (χ0n) is 23.2. The standard InChI is InChI=1S/C35H25ClFNO5/c1-42-27-15-9-21(18-28(27)43-2)30-31(32(39)19-7-11-22(36)12-8-19)38-26-14-13-23(37)17-20(26)10-16-29(38)35(30)33(40)24-5-3-4-6-25(24)34(35)41/h3-18,29-31H,1-2H3/t29-,30+,31+/m1/s1. The van der Waals surface area contributed by atoms with Gasteiger partial charge in [-0.05, 0) is 60.2 Å². The van der Waals surface area contributed by atoms with Crippen molar-refractivity contribution in [2.45, 2.75) is 18.0 Å². The van der Waals surface area contributed by atoms with E-state index in [9.17, 15) is 18.8 Å². The Morgan fingerprint density at radius 1 is 0.860 bits per heavy atom. The summed E-state index contributed by atoms with van der Waals surface area (Å²) in [5, 5.41) is 0.465. The first-order chi connectivity index (χ1) is 20.8. The lowest BCUT2D eigenvalue weighted by atomic mass is 9.64. The highest BCUT2D eigenvalue weighted by Gasteiger charge is 2.71. The smallest absolute Gasteiger partial charge is 0.185 e. The van der Waals surface area contributed by atoms with Gasteiger partial charge in [0.05, 0.1) is 20.3 Å². The summed E-state index contributed by atoms with van der Waals surface area (Å²) in [4.78, 5) is 46.0. The Balaban J connectivity index is 1.55. The summed E-state index contributed by atoms with van der Waals surface area (Å²) in [6.07, 6.45) is 3.48. The van der Waals surface area contributed by atoms with Gasteiger partial charge < -0.3 is 14.4 Å². The molecule has 0 amide bonds. The molecule has 0 radical (unpaired) electrons. The predicted octanol–water partition coefficient (Wildman–Crippen LogP) is 6.81. The summed E-state index contributed by atoms with van der Waals surface area (Å²) >= 11 is 6.16. The third kappa shape index (κ3) is 3.74. The molecule has 3 aliphatic rings. The molecule has 7 rings (SSSR count). The quantitative estimate of drug-likeness (QED) is 0.187. The van der Waals surface area contributed by atoms with Gasteiger partial charge in [-0.15, -0.1) is 0 Å². The van der Waals surface area contributed by atoms with E-state index in [1.54, 1.807) is 84.9 Å². The first kappa shape index (κ1) is 27.1. The normalized spacial score (nSPS) is 21.0. The Morgan fingerprint density at radius 2 is 1.53 bits per heavy atom. The third-order valence-corrected chi connectivity index (χ3v) is 9.18. The number of carbonyl (C=O) groups excluding carboxylic acids is 3. The lowest BCUT2D eigenvalue weighted by Gasteiger charge is -2.37. The van der Waals surface area contributed by atoms with Gasteiger partial charge in [-0.3, -0.25) is 14.4 Å². The van der Waals surface area contributed by atoms with Crippen LogP contribution >= 0.6 is 11.6 Å². The van der Waals surface area contributed by atoms with E-state index >= 15 is 0 Å². The molecule has 0 aromatic heterocycles. The summed E-state index contributed by atoms with van der Waals surface area (Å²) in [5.74, 6) is -1.55. The Labute approximate surface area is 252 Å². The highest BCUT2D eigenvalue weighted by molar-refractivity contribution is 6.32. The van der Waals surface area contributed by atoms with Crippen LogP contribution in [0.5, 0.6) is 11.5 Å². The number of halogens is 2. The number of ketones is 3. The van der Waals surface area contributed by atoms with Crippen LogP contribution in [0.4, 0.5) is 10.1 Å². The minimum atomic E-state index is -1.70. The maximum absolute atomic E-state index is 14.7. The summed E-state index contributed by atoms with van der Waals surface area (Å²) in [5.41, 5.74) is 0.962. The van der Waals surface area contributed by atoms with Crippen LogP contribution in [-0.2, 0) is 0 Å². The van der Waals surface area contributed by atoms with Crippen molar-refractivity contribution in [3.05, 3.63) is 130 Å². The maximum Gasteiger partial charge on any atom is 0.185 e. The van der Waals surface area contributed by atoms with Crippen LogP contribution in [0.25, 0.3) is 6.08 Å². The molecule has 1 spiro atoms. The Bertz CT molecular complexity index is 1830. The lowest BCUT2D eigenvalue weighted by molar-refractivity contribution is 0.0665. The molecule has 1 fully saturated rings. The monoisotopic (exact) mass is 593 g/mol. The maximum atomic E-state index is 14.7. The van der Waals surface area contributed by atoms with E-state index in [1.165, 1.54) is 26.4 Å². The number of nitrogens with zero attached hydrogens (tertiary/aromatic N) is 1. The number of carbonyl (C=O) groups is 3. The molecule has 0 saturated carbocycles. The largest absolute Gasteiger partial charge is 0.493 e. The van der Waals surface area contributed by atoms with Crippen LogP contribution in [0.3, 0.4) is 0 Å². The molecule has 2 heterocycles. The van der Waals surface area contributed by atoms with Gasteiger partial charge in [-0.2, -0.15) is 0 Å². The Morgan fingerprint density at radius 3 is 2.19 bits per heavy atom. The fourth-order valence-corrected chi connectivity index (χ4v) is 7.28. The van der Waals surface area contributed by atoms with E-state index in [0.717, 1.165) is 0 Å². The average Bonchev–Trinajstić information content (AvgIpc) is 3.46. The van der Waals surface area contributed by atoms with Gasteiger partial charge in [0, 0.05) is 38.9 Å². The number of benzene rings is 4. The molecular formula is C35H25ClFNO5. The number of ether oxygens (including phenoxy) is 2. The van der Waals surface area contributed by atoms with Crippen molar-refractivity contribution in [3.63, 3.8) is 0 Å². The van der Waals surface area contributed by atoms with E-state index in [0.29, 0.717) is 50.0 Å². The van der Waals surface area contributed by atoms with Crippen molar-refractivity contribution < 1.29 is 28.2 Å². The van der Waals surface area contributed by atoms with E-state index < -0.39 is 29.2 Å². The Kier molecular flexibility index (Phi) is 6.25. The lowest BCUT2D eigenvalue weighted by Crippen LogP contribution is -2.48. The number of hydrogen-bond acceptors (Lipinski definition) is 6. The summed E-state index contributed by atoms with van der Waals surface area (Å²) < 4.78 is 25.5. The molecule has 43 heavy (non-hydrogen) atoms. The summed E-state index contributed by atoms with van der Waals surface area (Å²) in [6, 6.07) is 20.9. The van der Waals surface area contributed by atoms with Crippen molar-refractivity contribution in [3.8, 4) is 11.5 Å². The fourth-order valence-electron chi connectivity index (χ4n) is 7.15. The predicted molar refractivity (Wildman–Crippen MR) is 161 cm³/mol. The van der Waals surface area contributed by atoms with Crippen LogP contribution in [-0.4, -0.2) is 43.7 Å². The average molecular weight is 594 g/mol. The van der Waals surface area contributed by atoms with Gasteiger partial charge >= 0.3 is 0 Å². The molecule has 3 atom stereocenters. The van der Waals surface area contributed by atoms with Gasteiger partial charge in [0.15, 0.2) is 28.8 Å². The summed E-state index contributed by atoms with van der Waals surface area (Å²) in [7, 11) is 3.02. The summed E-state index contributed by atoms with van der Waals surface area (Å²) in [6.45, 7) is 0. The number of Topliss-reactive ketones (excluding diaryl/α,β-unsaturated/α-hetero) is 3. The minimum Gasteiger partial charge on any atom is -0.493 e. The van der Waals surface area contributed by atoms with E-state index in [4.69, 9.17) is 21.1 Å². The molecule has 4 aromatic carbocycles. The van der Waals surface area contributed by atoms with E-state index in [1.807, 2.05) is 4.90 Å². The molecule has 0 bridgehead atoms. The molecule has 0 N–H and O–H groups in total. The molecule has 6 nitrogen and oxygen atoms in total.